The average molecular weight is 294 g/mol. The second-order valence-electron chi connectivity index (χ2n) is 4.65. The molecule has 1 saturated heterocycles. The molecule has 1 aromatic heterocycles. The minimum absolute atomic E-state index is 0.00162. The van der Waals surface area contributed by atoms with E-state index < -0.39 is 29.4 Å². The molecule has 20 heavy (non-hydrogen) atoms. The first kappa shape index (κ1) is 14.4. The second-order valence-corrected chi connectivity index (χ2v) is 4.65. The van der Waals surface area contributed by atoms with Crippen LogP contribution in [0.15, 0.2) is 9.59 Å². The SMILES string of the molecule is O=C(CCCn1c(=O)[nH][nH]c1=O)N1CC(C(F)(F)F)C1. The molecule has 2 rings (SSSR count). The van der Waals surface area contributed by atoms with E-state index in [0.717, 1.165) is 9.47 Å². The molecule has 1 amide bonds. The first-order valence-corrected chi connectivity index (χ1v) is 6.01. The lowest BCUT2D eigenvalue weighted by atomic mass is 9.99. The Labute approximate surface area is 110 Å². The van der Waals surface area contributed by atoms with Crippen molar-refractivity contribution in [2.24, 2.45) is 5.92 Å². The highest BCUT2D eigenvalue weighted by molar-refractivity contribution is 5.77. The number of likely N-dealkylation sites (tertiary alicyclic amines) is 1. The van der Waals surface area contributed by atoms with E-state index in [0.29, 0.717) is 0 Å². The zero-order valence-electron chi connectivity index (χ0n) is 10.4. The van der Waals surface area contributed by atoms with Gasteiger partial charge in [-0.15, -0.1) is 0 Å². The van der Waals surface area contributed by atoms with E-state index in [-0.39, 0.29) is 32.5 Å². The monoisotopic (exact) mass is 294 g/mol. The molecule has 7 nitrogen and oxygen atoms in total. The van der Waals surface area contributed by atoms with Crippen molar-refractivity contribution in [3.8, 4) is 0 Å². The van der Waals surface area contributed by atoms with Crippen LogP contribution in [0.5, 0.6) is 0 Å². The summed E-state index contributed by atoms with van der Waals surface area (Å²) in [6.07, 6.45) is -4.04. The van der Waals surface area contributed by atoms with Gasteiger partial charge in [-0.3, -0.25) is 4.79 Å². The van der Waals surface area contributed by atoms with Gasteiger partial charge < -0.3 is 4.90 Å². The van der Waals surface area contributed by atoms with E-state index >= 15 is 0 Å². The number of halogens is 3. The Hall–Kier alpha value is -2.00. The fourth-order valence-corrected chi connectivity index (χ4v) is 1.97. The number of nitrogens with zero attached hydrogens (tertiary/aromatic N) is 2. The number of carbonyl (C=O) groups excluding carboxylic acids is 1. The van der Waals surface area contributed by atoms with Crippen molar-refractivity contribution in [1.82, 2.24) is 19.7 Å². The van der Waals surface area contributed by atoms with Crippen LogP contribution in [-0.2, 0) is 11.3 Å². The fraction of sp³-hybridized carbons (Fsp3) is 0.700. The van der Waals surface area contributed by atoms with Gasteiger partial charge in [0.25, 0.3) is 0 Å². The highest BCUT2D eigenvalue weighted by Crippen LogP contribution is 2.33. The molecule has 1 aliphatic rings. The molecule has 1 aromatic rings. The molecule has 0 spiro atoms. The summed E-state index contributed by atoms with van der Waals surface area (Å²) in [4.78, 5) is 35.0. The van der Waals surface area contributed by atoms with Gasteiger partial charge in [-0.1, -0.05) is 0 Å². The van der Waals surface area contributed by atoms with E-state index in [1.54, 1.807) is 0 Å². The molecular weight excluding hydrogens is 281 g/mol. The molecule has 112 valence electrons. The summed E-state index contributed by atoms with van der Waals surface area (Å²) < 4.78 is 37.6. The van der Waals surface area contributed by atoms with Crippen LogP contribution in [0, 0.1) is 5.92 Å². The van der Waals surface area contributed by atoms with Gasteiger partial charge >= 0.3 is 17.6 Å². The highest BCUT2D eigenvalue weighted by Gasteiger charge is 2.48. The summed E-state index contributed by atoms with van der Waals surface area (Å²) in [6.45, 7) is -0.583. The highest BCUT2D eigenvalue weighted by atomic mass is 19.4. The van der Waals surface area contributed by atoms with Crippen molar-refractivity contribution in [1.29, 1.82) is 0 Å². The van der Waals surface area contributed by atoms with E-state index in [1.165, 1.54) is 0 Å². The molecule has 0 saturated carbocycles. The van der Waals surface area contributed by atoms with Crippen molar-refractivity contribution in [2.45, 2.75) is 25.6 Å². The van der Waals surface area contributed by atoms with Crippen molar-refractivity contribution in [2.75, 3.05) is 13.1 Å². The van der Waals surface area contributed by atoms with Crippen LogP contribution in [-0.4, -0.2) is 44.8 Å². The van der Waals surface area contributed by atoms with Crippen molar-refractivity contribution in [3.63, 3.8) is 0 Å². The maximum atomic E-state index is 12.2. The fourth-order valence-electron chi connectivity index (χ4n) is 1.97. The minimum atomic E-state index is -4.26. The first-order chi connectivity index (χ1) is 9.29. The quantitative estimate of drug-likeness (QED) is 0.796. The van der Waals surface area contributed by atoms with Gasteiger partial charge in [-0.2, -0.15) is 13.2 Å². The lowest BCUT2D eigenvalue weighted by Gasteiger charge is -2.40. The predicted octanol–water partition coefficient (Wildman–Crippen LogP) is -0.334. The topological polar surface area (TPSA) is 91.0 Å². The van der Waals surface area contributed by atoms with Gasteiger partial charge in [0.1, 0.15) is 0 Å². The van der Waals surface area contributed by atoms with Crippen LogP contribution in [0.1, 0.15) is 12.8 Å². The molecule has 10 heteroatoms. The summed E-state index contributed by atoms with van der Waals surface area (Å²) in [5.41, 5.74) is -1.22. The van der Waals surface area contributed by atoms with Gasteiger partial charge in [0.2, 0.25) is 5.91 Å². The number of hydrogen-bond donors (Lipinski definition) is 2. The number of amides is 1. The van der Waals surface area contributed by atoms with E-state index in [1.807, 2.05) is 0 Å². The summed E-state index contributed by atoms with van der Waals surface area (Å²) >= 11 is 0. The van der Waals surface area contributed by atoms with Crippen LogP contribution >= 0.6 is 0 Å². The Bertz CT molecular complexity index is 566. The van der Waals surface area contributed by atoms with Crippen LogP contribution in [0.25, 0.3) is 0 Å². The smallest absolute Gasteiger partial charge is 0.341 e. The molecule has 2 heterocycles. The van der Waals surface area contributed by atoms with E-state index in [2.05, 4.69) is 10.2 Å². The zero-order valence-corrected chi connectivity index (χ0v) is 10.4. The normalized spacial score (nSPS) is 16.2. The largest absolute Gasteiger partial charge is 0.395 e. The number of rotatable bonds is 4. The number of aromatic amines is 2. The molecule has 0 unspecified atom stereocenters. The molecule has 0 radical (unpaired) electrons. The third-order valence-electron chi connectivity index (χ3n) is 3.24. The van der Waals surface area contributed by atoms with Crippen LogP contribution in [0.3, 0.4) is 0 Å². The summed E-state index contributed by atoms with van der Waals surface area (Å²) in [6, 6.07) is 0. The Morgan fingerprint density at radius 1 is 1.20 bits per heavy atom. The summed E-state index contributed by atoms with van der Waals surface area (Å²) in [5.74, 6) is -1.84. The maximum absolute atomic E-state index is 12.2. The third kappa shape index (κ3) is 2.94. The van der Waals surface area contributed by atoms with Crippen LogP contribution in [0.2, 0.25) is 0 Å². The Kier molecular flexibility index (Phi) is 3.73. The number of H-pyrrole nitrogens is 2. The number of alkyl halides is 3. The predicted molar refractivity (Wildman–Crippen MR) is 61.0 cm³/mol. The Balaban J connectivity index is 1.75. The van der Waals surface area contributed by atoms with Crippen LogP contribution < -0.4 is 11.4 Å². The first-order valence-electron chi connectivity index (χ1n) is 6.01. The molecule has 0 aromatic carbocycles. The molecule has 0 atom stereocenters. The van der Waals surface area contributed by atoms with Gasteiger partial charge in [0, 0.05) is 26.1 Å². The Morgan fingerprint density at radius 2 is 1.75 bits per heavy atom. The van der Waals surface area contributed by atoms with Crippen molar-refractivity contribution < 1.29 is 18.0 Å². The minimum Gasteiger partial charge on any atom is -0.341 e. The molecule has 2 N–H and O–H groups in total. The van der Waals surface area contributed by atoms with Crippen molar-refractivity contribution in [3.05, 3.63) is 21.0 Å². The molecular formula is C10H13F3N4O3. The number of aromatic nitrogens is 3. The van der Waals surface area contributed by atoms with Crippen LogP contribution in [0.4, 0.5) is 13.2 Å². The van der Waals surface area contributed by atoms with E-state index in [4.69, 9.17) is 0 Å². The summed E-state index contributed by atoms with van der Waals surface area (Å²) in [7, 11) is 0. The summed E-state index contributed by atoms with van der Waals surface area (Å²) in [5, 5.41) is 4.18. The van der Waals surface area contributed by atoms with Gasteiger partial charge in [-0.05, 0) is 6.42 Å². The standard InChI is InChI=1S/C10H13F3N4O3/c11-10(12,13)6-4-16(5-6)7(18)2-1-3-17-8(19)14-15-9(17)20/h6H,1-5H2,(H,14,19)(H,15,20). The average Bonchev–Trinajstić information content (AvgIpc) is 2.56. The third-order valence-corrected chi connectivity index (χ3v) is 3.24. The maximum Gasteiger partial charge on any atom is 0.395 e. The zero-order chi connectivity index (χ0) is 14.9. The number of carbonyl (C=O) groups is 1. The lowest BCUT2D eigenvalue weighted by molar-refractivity contribution is -0.209. The van der Waals surface area contributed by atoms with Gasteiger partial charge in [0.05, 0.1) is 5.92 Å². The molecule has 1 fully saturated rings. The molecule has 1 aliphatic heterocycles. The van der Waals surface area contributed by atoms with Gasteiger partial charge in [-0.25, -0.2) is 24.4 Å². The number of nitrogens with one attached hydrogen (secondary N) is 2. The van der Waals surface area contributed by atoms with Crippen molar-refractivity contribution >= 4 is 5.91 Å². The van der Waals surface area contributed by atoms with Gasteiger partial charge in [0.15, 0.2) is 0 Å². The molecule has 0 bridgehead atoms. The van der Waals surface area contributed by atoms with E-state index in [9.17, 15) is 27.6 Å². The number of hydrogen-bond acceptors (Lipinski definition) is 3. The molecule has 0 aliphatic carbocycles. The second kappa shape index (κ2) is 5.17. The lowest BCUT2D eigenvalue weighted by Crippen LogP contribution is -2.55. The Morgan fingerprint density at radius 3 is 2.25 bits per heavy atom.